The summed E-state index contributed by atoms with van der Waals surface area (Å²) in [6.45, 7) is 15.6. The van der Waals surface area contributed by atoms with Crippen molar-refractivity contribution in [2.45, 2.75) is 78.7 Å². The highest BCUT2D eigenvalue weighted by atomic mass is 15.1. The van der Waals surface area contributed by atoms with E-state index >= 15 is 0 Å². The topological polar surface area (TPSA) is 6.48 Å². The fraction of sp³-hybridized carbons (Fsp3) is 0.714. The summed E-state index contributed by atoms with van der Waals surface area (Å²) in [7, 11) is 2.25. The second-order valence-electron chi connectivity index (χ2n) is 6.96. The largest absolute Gasteiger partial charge is 0.375 e. The molecule has 0 amide bonds. The molecule has 1 fully saturated rings. The highest BCUT2D eigenvalue weighted by Gasteiger charge is 2.14. The van der Waals surface area contributed by atoms with Crippen molar-refractivity contribution in [2.24, 2.45) is 0 Å². The molecule has 132 valence electrons. The van der Waals surface area contributed by atoms with Crippen molar-refractivity contribution in [2.75, 3.05) is 20.1 Å². The maximum absolute atomic E-state index is 4.25. The van der Waals surface area contributed by atoms with Gasteiger partial charge in [0.1, 0.15) is 0 Å². The summed E-state index contributed by atoms with van der Waals surface area (Å²) in [4.78, 5) is 4.89. The molecule has 1 rings (SSSR count). The van der Waals surface area contributed by atoms with Crippen LogP contribution in [0.3, 0.4) is 0 Å². The molecule has 0 saturated carbocycles. The van der Waals surface area contributed by atoms with Crippen LogP contribution in [0.4, 0.5) is 0 Å². The van der Waals surface area contributed by atoms with Crippen molar-refractivity contribution in [3.8, 4) is 0 Å². The second kappa shape index (κ2) is 10.6. The van der Waals surface area contributed by atoms with Gasteiger partial charge in [-0.1, -0.05) is 39.3 Å². The molecule has 23 heavy (non-hydrogen) atoms. The Labute approximate surface area is 144 Å². The number of allylic oxidation sites excluding steroid dienone is 4. The first-order valence-electron chi connectivity index (χ1n) is 9.53. The monoisotopic (exact) mass is 318 g/mol. The summed E-state index contributed by atoms with van der Waals surface area (Å²) in [5.41, 5.74) is 3.90. The Bertz CT molecular complexity index is 414. The average molecular weight is 319 g/mol. The number of hydrogen-bond acceptors (Lipinski definition) is 2. The van der Waals surface area contributed by atoms with E-state index in [2.05, 4.69) is 63.3 Å². The molecule has 0 radical (unpaired) electrons. The molecule has 0 unspecified atom stereocenters. The molecule has 1 atom stereocenters. The van der Waals surface area contributed by atoms with Crippen molar-refractivity contribution in [3.05, 3.63) is 35.7 Å². The van der Waals surface area contributed by atoms with Gasteiger partial charge in [-0.3, -0.25) is 0 Å². The van der Waals surface area contributed by atoms with E-state index in [1.165, 1.54) is 69.3 Å². The van der Waals surface area contributed by atoms with Gasteiger partial charge >= 0.3 is 0 Å². The zero-order valence-electron chi connectivity index (χ0n) is 16.2. The number of unbranched alkanes of at least 4 members (excludes halogenated alkanes) is 1. The van der Waals surface area contributed by atoms with E-state index in [-0.39, 0.29) is 0 Å². The summed E-state index contributed by atoms with van der Waals surface area (Å²) in [5, 5.41) is 0. The number of nitrogens with zero attached hydrogens (tertiary/aromatic N) is 2. The van der Waals surface area contributed by atoms with E-state index in [1.807, 2.05) is 0 Å². The Kier molecular flexibility index (Phi) is 9.13. The molecule has 1 heterocycles. The Hall–Kier alpha value is -1.18. The van der Waals surface area contributed by atoms with E-state index < -0.39 is 0 Å². The van der Waals surface area contributed by atoms with Gasteiger partial charge in [0.05, 0.1) is 0 Å². The van der Waals surface area contributed by atoms with Crippen LogP contribution in [0.25, 0.3) is 0 Å². The van der Waals surface area contributed by atoms with E-state index in [0.717, 1.165) is 5.70 Å². The Morgan fingerprint density at radius 3 is 2.35 bits per heavy atom. The molecule has 0 aliphatic carbocycles. The van der Waals surface area contributed by atoms with E-state index in [9.17, 15) is 0 Å². The van der Waals surface area contributed by atoms with E-state index in [0.29, 0.717) is 6.04 Å². The number of hydrogen-bond donors (Lipinski definition) is 0. The fourth-order valence-corrected chi connectivity index (χ4v) is 3.29. The molecule has 2 nitrogen and oxygen atoms in total. The zero-order valence-corrected chi connectivity index (χ0v) is 16.2. The minimum Gasteiger partial charge on any atom is -0.375 e. The second-order valence-corrected chi connectivity index (χ2v) is 6.96. The smallest absolute Gasteiger partial charge is 0.0293 e. The molecule has 0 bridgehead atoms. The maximum Gasteiger partial charge on any atom is 0.0293 e. The molecule has 1 saturated heterocycles. The molecule has 0 aromatic rings. The molecule has 0 aromatic heterocycles. The Balaban J connectivity index is 2.66. The van der Waals surface area contributed by atoms with Crippen molar-refractivity contribution in [3.63, 3.8) is 0 Å². The molecule has 0 spiro atoms. The van der Waals surface area contributed by atoms with Crippen molar-refractivity contribution in [1.29, 1.82) is 0 Å². The first-order valence-corrected chi connectivity index (χ1v) is 9.53. The Morgan fingerprint density at radius 1 is 1.13 bits per heavy atom. The van der Waals surface area contributed by atoms with Crippen LogP contribution in [-0.4, -0.2) is 36.0 Å². The van der Waals surface area contributed by atoms with Crippen LogP contribution in [0.15, 0.2) is 35.7 Å². The van der Waals surface area contributed by atoms with Gasteiger partial charge in [0.2, 0.25) is 0 Å². The number of piperidine rings is 1. The summed E-state index contributed by atoms with van der Waals surface area (Å²) >= 11 is 0. The van der Waals surface area contributed by atoms with Crippen LogP contribution < -0.4 is 0 Å². The van der Waals surface area contributed by atoms with Crippen LogP contribution >= 0.6 is 0 Å². The van der Waals surface area contributed by atoms with Crippen molar-refractivity contribution in [1.82, 2.24) is 9.80 Å². The number of likely N-dealkylation sites (tertiary alicyclic amines) is 1. The van der Waals surface area contributed by atoms with Crippen LogP contribution in [0, 0.1) is 0 Å². The van der Waals surface area contributed by atoms with Gasteiger partial charge in [0.25, 0.3) is 0 Å². The molecule has 1 aliphatic rings. The van der Waals surface area contributed by atoms with Crippen LogP contribution in [0.1, 0.15) is 72.6 Å². The lowest BCUT2D eigenvalue weighted by atomic mass is 10.0. The third-order valence-electron chi connectivity index (χ3n) is 5.30. The van der Waals surface area contributed by atoms with Gasteiger partial charge in [0.15, 0.2) is 0 Å². The highest BCUT2D eigenvalue weighted by Crippen LogP contribution is 2.20. The summed E-state index contributed by atoms with van der Waals surface area (Å²) in [6, 6.07) is 0.656. The Morgan fingerprint density at radius 2 is 1.78 bits per heavy atom. The van der Waals surface area contributed by atoms with Gasteiger partial charge < -0.3 is 9.80 Å². The lowest BCUT2D eigenvalue weighted by Gasteiger charge is -2.31. The lowest BCUT2D eigenvalue weighted by molar-refractivity contribution is 0.273. The van der Waals surface area contributed by atoms with Gasteiger partial charge in [-0.2, -0.15) is 0 Å². The third kappa shape index (κ3) is 6.45. The van der Waals surface area contributed by atoms with Gasteiger partial charge in [-0.15, -0.1) is 0 Å². The number of rotatable bonds is 9. The maximum atomic E-state index is 4.25. The van der Waals surface area contributed by atoms with E-state index in [4.69, 9.17) is 0 Å². The SMILES string of the molecule is C=C(/C=C\C(C)=C(/C)N(C)[C@@H](CC)CCCC)N1CCCCC1. The lowest BCUT2D eigenvalue weighted by Crippen LogP contribution is -2.30. The minimum atomic E-state index is 0.656. The highest BCUT2D eigenvalue weighted by molar-refractivity contribution is 5.27. The molecule has 2 heteroatoms. The normalized spacial score (nSPS) is 18.0. The van der Waals surface area contributed by atoms with Gasteiger partial charge in [-0.05, 0) is 57.6 Å². The molecular weight excluding hydrogens is 280 g/mol. The minimum absolute atomic E-state index is 0.656. The van der Waals surface area contributed by atoms with Gasteiger partial charge in [-0.25, -0.2) is 0 Å². The van der Waals surface area contributed by atoms with Crippen LogP contribution in [0.2, 0.25) is 0 Å². The van der Waals surface area contributed by atoms with Crippen LogP contribution in [-0.2, 0) is 0 Å². The summed E-state index contributed by atoms with van der Waals surface area (Å²) in [5.74, 6) is 0. The quantitative estimate of drug-likeness (QED) is 0.500. The summed E-state index contributed by atoms with van der Waals surface area (Å²) in [6.07, 6.45) is 13.5. The van der Waals surface area contributed by atoms with Crippen LogP contribution in [0.5, 0.6) is 0 Å². The third-order valence-corrected chi connectivity index (χ3v) is 5.30. The molecule has 1 aliphatic heterocycles. The van der Waals surface area contributed by atoms with Gasteiger partial charge in [0, 0.05) is 37.6 Å². The molecule has 0 aromatic carbocycles. The zero-order chi connectivity index (χ0) is 17.2. The fourth-order valence-electron chi connectivity index (χ4n) is 3.29. The summed E-state index contributed by atoms with van der Waals surface area (Å²) < 4.78 is 0. The van der Waals surface area contributed by atoms with Crippen molar-refractivity contribution >= 4 is 0 Å². The standard InChI is InChI=1S/C21H38N2/c1-7-9-13-21(8-2)22(6)20(5)18(3)14-15-19(4)23-16-11-10-12-17-23/h14-15,21H,4,7-13,16-17H2,1-3,5-6H3/b15-14-,20-18+/t21-/m0/s1. The molecular formula is C21H38N2. The first-order chi connectivity index (χ1) is 11.0. The predicted octanol–water partition coefficient (Wildman–Crippen LogP) is 5.74. The van der Waals surface area contributed by atoms with E-state index in [1.54, 1.807) is 0 Å². The van der Waals surface area contributed by atoms with Crippen molar-refractivity contribution < 1.29 is 0 Å². The average Bonchev–Trinajstić information content (AvgIpc) is 2.59. The first kappa shape index (κ1) is 19.9. The predicted molar refractivity (Wildman–Crippen MR) is 103 cm³/mol. The molecule has 0 N–H and O–H groups in total.